The molecule has 1 N–H and O–H groups in total. The zero-order valence-corrected chi connectivity index (χ0v) is 14.3. The van der Waals surface area contributed by atoms with Crippen LogP contribution in [-0.4, -0.2) is 34.4 Å². The lowest BCUT2D eigenvalue weighted by molar-refractivity contribution is 0.0668. The highest BCUT2D eigenvalue weighted by molar-refractivity contribution is 7.99. The SMILES string of the molecule is CC(C)(C)c1nnc(SC[C@@H]2CNC(c3ccccc3)=NO2)o1. The zero-order valence-electron chi connectivity index (χ0n) is 13.4. The van der Waals surface area contributed by atoms with E-state index in [-0.39, 0.29) is 11.5 Å². The summed E-state index contributed by atoms with van der Waals surface area (Å²) in [5.74, 6) is 2.11. The number of benzene rings is 1. The van der Waals surface area contributed by atoms with E-state index in [0.29, 0.717) is 23.4 Å². The minimum Gasteiger partial charge on any atom is -0.415 e. The Morgan fingerprint density at radius 3 is 2.61 bits per heavy atom. The van der Waals surface area contributed by atoms with Gasteiger partial charge in [0.05, 0.1) is 6.54 Å². The van der Waals surface area contributed by atoms with Crippen molar-refractivity contribution in [1.29, 1.82) is 0 Å². The van der Waals surface area contributed by atoms with Crippen molar-refractivity contribution in [2.75, 3.05) is 12.3 Å². The fraction of sp³-hybridized carbons (Fsp3) is 0.438. The van der Waals surface area contributed by atoms with E-state index in [9.17, 15) is 0 Å². The van der Waals surface area contributed by atoms with Gasteiger partial charge in [-0.15, -0.1) is 10.2 Å². The maximum absolute atomic E-state index is 5.66. The van der Waals surface area contributed by atoms with Crippen LogP contribution in [0.15, 0.2) is 45.1 Å². The molecule has 122 valence electrons. The van der Waals surface area contributed by atoms with Crippen molar-refractivity contribution in [2.24, 2.45) is 5.16 Å². The molecule has 2 aromatic rings. The molecule has 0 unspecified atom stereocenters. The molecule has 1 aromatic carbocycles. The van der Waals surface area contributed by atoms with Gasteiger partial charge in [0.15, 0.2) is 11.9 Å². The number of aromatic nitrogens is 2. The summed E-state index contributed by atoms with van der Waals surface area (Å²) < 4.78 is 5.66. The molecule has 6 nitrogen and oxygen atoms in total. The van der Waals surface area contributed by atoms with Crippen LogP contribution in [0.5, 0.6) is 0 Å². The molecule has 7 heteroatoms. The maximum atomic E-state index is 5.66. The highest BCUT2D eigenvalue weighted by atomic mass is 32.2. The molecule has 1 aromatic heterocycles. The van der Waals surface area contributed by atoms with Crippen molar-refractivity contribution in [2.45, 2.75) is 37.5 Å². The Bertz CT molecular complexity index is 679. The van der Waals surface area contributed by atoms with E-state index in [1.807, 2.05) is 51.1 Å². The van der Waals surface area contributed by atoms with Crippen LogP contribution in [0.2, 0.25) is 0 Å². The molecule has 0 radical (unpaired) electrons. The molecule has 23 heavy (non-hydrogen) atoms. The van der Waals surface area contributed by atoms with E-state index in [1.165, 1.54) is 11.8 Å². The standard InChI is InChI=1S/C16H20N4O2S/c1-16(2,3)14-18-19-15(21-14)23-10-12-9-17-13(20-22-12)11-7-5-4-6-8-11/h4-8,12H,9-10H2,1-3H3,(H,17,20)/t12-/m0/s1. The van der Waals surface area contributed by atoms with Crippen LogP contribution in [0.4, 0.5) is 0 Å². The molecular weight excluding hydrogens is 312 g/mol. The highest BCUT2D eigenvalue weighted by Gasteiger charge is 2.23. The Balaban J connectivity index is 1.53. The van der Waals surface area contributed by atoms with E-state index < -0.39 is 0 Å². The van der Waals surface area contributed by atoms with Crippen LogP contribution in [0.1, 0.15) is 32.2 Å². The molecule has 0 fully saturated rings. The fourth-order valence-corrected chi connectivity index (χ4v) is 2.73. The number of nitrogens with one attached hydrogen (secondary N) is 1. The highest BCUT2D eigenvalue weighted by Crippen LogP contribution is 2.25. The van der Waals surface area contributed by atoms with Gasteiger partial charge in [0.25, 0.3) is 5.22 Å². The van der Waals surface area contributed by atoms with Crippen molar-refractivity contribution >= 4 is 17.6 Å². The first-order valence-corrected chi connectivity index (χ1v) is 8.51. The van der Waals surface area contributed by atoms with Gasteiger partial charge in [0, 0.05) is 16.7 Å². The van der Waals surface area contributed by atoms with Crippen molar-refractivity contribution in [3.63, 3.8) is 0 Å². The Morgan fingerprint density at radius 1 is 1.22 bits per heavy atom. The van der Waals surface area contributed by atoms with Crippen LogP contribution in [-0.2, 0) is 10.3 Å². The molecule has 0 aliphatic carbocycles. The average molecular weight is 332 g/mol. The van der Waals surface area contributed by atoms with Crippen LogP contribution in [0.25, 0.3) is 0 Å². The predicted octanol–water partition coefficient (Wildman–Crippen LogP) is 2.81. The van der Waals surface area contributed by atoms with E-state index in [1.54, 1.807) is 0 Å². The molecule has 1 aliphatic rings. The van der Waals surface area contributed by atoms with Gasteiger partial charge in [0.2, 0.25) is 5.89 Å². The Hall–Kier alpha value is -2.02. The summed E-state index contributed by atoms with van der Waals surface area (Å²) in [4.78, 5) is 5.56. The van der Waals surface area contributed by atoms with Crippen molar-refractivity contribution in [3.8, 4) is 0 Å². The van der Waals surface area contributed by atoms with Crippen molar-refractivity contribution < 1.29 is 9.25 Å². The second-order valence-electron chi connectivity index (χ2n) is 6.35. The van der Waals surface area contributed by atoms with Gasteiger partial charge in [-0.2, -0.15) is 0 Å². The lowest BCUT2D eigenvalue weighted by atomic mass is 9.97. The third-order valence-corrected chi connectivity index (χ3v) is 4.23. The smallest absolute Gasteiger partial charge is 0.276 e. The first-order chi connectivity index (χ1) is 11.0. The Kier molecular flexibility index (Phi) is 4.56. The number of thioether (sulfide) groups is 1. The number of hydrogen-bond donors (Lipinski definition) is 1. The monoisotopic (exact) mass is 332 g/mol. The van der Waals surface area contributed by atoms with Crippen molar-refractivity contribution in [1.82, 2.24) is 15.5 Å². The third kappa shape index (κ3) is 4.04. The number of rotatable bonds is 4. The maximum Gasteiger partial charge on any atom is 0.276 e. The second kappa shape index (κ2) is 6.62. The number of amidine groups is 1. The van der Waals surface area contributed by atoms with Crippen LogP contribution in [0, 0.1) is 0 Å². The van der Waals surface area contributed by atoms with E-state index in [0.717, 1.165) is 11.4 Å². The Labute approximate surface area is 139 Å². The fourth-order valence-electron chi connectivity index (χ4n) is 1.98. The second-order valence-corrected chi connectivity index (χ2v) is 7.32. The van der Waals surface area contributed by atoms with Gasteiger partial charge in [-0.1, -0.05) is 68.0 Å². The van der Waals surface area contributed by atoms with Gasteiger partial charge in [0.1, 0.15) is 0 Å². The summed E-state index contributed by atoms with van der Waals surface area (Å²) in [7, 11) is 0. The quantitative estimate of drug-likeness (QED) is 0.868. The van der Waals surface area contributed by atoms with Crippen LogP contribution in [0.3, 0.4) is 0 Å². The predicted molar refractivity (Wildman–Crippen MR) is 89.6 cm³/mol. The molecule has 0 saturated heterocycles. The molecule has 3 rings (SSSR count). The minimum absolute atomic E-state index is 0.0301. The largest absolute Gasteiger partial charge is 0.415 e. The molecule has 0 bridgehead atoms. The van der Waals surface area contributed by atoms with E-state index >= 15 is 0 Å². The van der Waals surface area contributed by atoms with Gasteiger partial charge in [-0.3, -0.25) is 0 Å². The van der Waals surface area contributed by atoms with Crippen LogP contribution < -0.4 is 5.32 Å². The van der Waals surface area contributed by atoms with E-state index in [4.69, 9.17) is 9.25 Å². The molecule has 0 saturated carbocycles. The molecule has 1 aliphatic heterocycles. The van der Waals surface area contributed by atoms with Crippen LogP contribution >= 0.6 is 11.8 Å². The summed E-state index contributed by atoms with van der Waals surface area (Å²) in [6.45, 7) is 6.83. The summed E-state index contributed by atoms with van der Waals surface area (Å²) in [6, 6.07) is 9.92. The lowest BCUT2D eigenvalue weighted by Crippen LogP contribution is -2.39. The molecule has 0 amide bonds. The molecule has 2 heterocycles. The number of hydrogen-bond acceptors (Lipinski definition) is 7. The summed E-state index contributed by atoms with van der Waals surface area (Å²) in [5, 5.41) is 16.2. The third-order valence-electron chi connectivity index (χ3n) is 3.28. The first-order valence-electron chi connectivity index (χ1n) is 7.52. The molecule has 1 atom stereocenters. The van der Waals surface area contributed by atoms with E-state index in [2.05, 4.69) is 20.7 Å². The first kappa shape index (κ1) is 15.9. The minimum atomic E-state index is -0.135. The summed E-state index contributed by atoms with van der Waals surface area (Å²) in [5.41, 5.74) is 0.883. The topological polar surface area (TPSA) is 72.5 Å². The lowest BCUT2D eigenvalue weighted by Gasteiger charge is -2.22. The van der Waals surface area contributed by atoms with Gasteiger partial charge < -0.3 is 14.6 Å². The summed E-state index contributed by atoms with van der Waals surface area (Å²) in [6.07, 6.45) is -0.0301. The van der Waals surface area contributed by atoms with Crippen molar-refractivity contribution in [3.05, 3.63) is 41.8 Å². The Morgan fingerprint density at radius 2 is 2.00 bits per heavy atom. The average Bonchev–Trinajstić information content (AvgIpc) is 3.04. The van der Waals surface area contributed by atoms with Gasteiger partial charge >= 0.3 is 0 Å². The van der Waals surface area contributed by atoms with Gasteiger partial charge in [-0.25, -0.2) is 0 Å². The molecule has 0 spiro atoms. The number of nitrogens with zero attached hydrogens (tertiary/aromatic N) is 3. The zero-order chi connectivity index (χ0) is 16.3. The number of oxime groups is 1. The normalized spacial score (nSPS) is 18.0. The van der Waals surface area contributed by atoms with Gasteiger partial charge in [-0.05, 0) is 0 Å². The summed E-state index contributed by atoms with van der Waals surface area (Å²) >= 11 is 1.49. The molecular formula is C16H20N4O2S.